The molecule has 2 aromatic rings. The standard InChI is InChI=1S/C19H21N3O3/c1-3-22(13-20)19(24)17(21-18(23)12-25-2)11-14-8-9-15-6-4-5-7-16(15)10-14/h4-10,17H,3,11-12H2,1-2H3,(H,21,23). The summed E-state index contributed by atoms with van der Waals surface area (Å²) >= 11 is 0. The number of nitriles is 1. The summed E-state index contributed by atoms with van der Waals surface area (Å²) in [6.45, 7) is 1.83. The van der Waals surface area contributed by atoms with E-state index in [0.717, 1.165) is 21.2 Å². The number of fused-ring (bicyclic) bond motifs is 1. The maximum absolute atomic E-state index is 12.6. The van der Waals surface area contributed by atoms with Crippen LogP contribution >= 0.6 is 0 Å². The number of hydrogen-bond donors (Lipinski definition) is 1. The fourth-order valence-corrected chi connectivity index (χ4v) is 2.63. The van der Waals surface area contributed by atoms with Crippen molar-refractivity contribution in [3.63, 3.8) is 0 Å². The van der Waals surface area contributed by atoms with Crippen LogP contribution in [-0.4, -0.2) is 43.0 Å². The van der Waals surface area contributed by atoms with E-state index in [1.807, 2.05) is 48.7 Å². The smallest absolute Gasteiger partial charge is 0.258 e. The molecule has 0 aliphatic heterocycles. The molecule has 2 amide bonds. The van der Waals surface area contributed by atoms with Gasteiger partial charge in [0.2, 0.25) is 5.91 Å². The van der Waals surface area contributed by atoms with E-state index in [9.17, 15) is 9.59 Å². The molecule has 0 fully saturated rings. The second kappa shape index (κ2) is 8.81. The molecule has 2 aromatic carbocycles. The van der Waals surface area contributed by atoms with Gasteiger partial charge in [-0.3, -0.25) is 9.59 Å². The second-order valence-corrected chi connectivity index (χ2v) is 5.62. The Labute approximate surface area is 147 Å². The highest BCUT2D eigenvalue weighted by atomic mass is 16.5. The number of nitrogens with one attached hydrogen (secondary N) is 1. The lowest BCUT2D eigenvalue weighted by Gasteiger charge is -2.21. The molecule has 0 aliphatic rings. The van der Waals surface area contributed by atoms with Crippen molar-refractivity contribution in [3.05, 3.63) is 48.0 Å². The number of benzene rings is 2. The summed E-state index contributed by atoms with van der Waals surface area (Å²) in [5, 5.41) is 13.9. The van der Waals surface area contributed by atoms with Gasteiger partial charge in [0.15, 0.2) is 6.19 Å². The van der Waals surface area contributed by atoms with Gasteiger partial charge in [0, 0.05) is 20.1 Å². The van der Waals surface area contributed by atoms with Crippen molar-refractivity contribution in [1.29, 1.82) is 5.26 Å². The van der Waals surface area contributed by atoms with E-state index in [4.69, 9.17) is 10.00 Å². The molecule has 1 unspecified atom stereocenters. The van der Waals surface area contributed by atoms with Crippen LogP contribution in [-0.2, 0) is 20.7 Å². The van der Waals surface area contributed by atoms with Crippen LogP contribution in [0.25, 0.3) is 10.8 Å². The van der Waals surface area contributed by atoms with Crippen molar-refractivity contribution in [1.82, 2.24) is 10.2 Å². The van der Waals surface area contributed by atoms with E-state index in [1.54, 1.807) is 6.92 Å². The fraction of sp³-hybridized carbons (Fsp3) is 0.316. The molecule has 6 nitrogen and oxygen atoms in total. The Kier molecular flexibility index (Phi) is 6.49. The molecule has 2 rings (SSSR count). The van der Waals surface area contributed by atoms with Gasteiger partial charge >= 0.3 is 0 Å². The van der Waals surface area contributed by atoms with Crippen LogP contribution in [0.1, 0.15) is 12.5 Å². The van der Waals surface area contributed by atoms with Crippen LogP contribution < -0.4 is 5.32 Å². The highest BCUT2D eigenvalue weighted by Gasteiger charge is 2.25. The zero-order chi connectivity index (χ0) is 18.2. The van der Waals surface area contributed by atoms with Gasteiger partial charge in [0.1, 0.15) is 12.6 Å². The molecular formula is C19H21N3O3. The summed E-state index contributed by atoms with van der Waals surface area (Å²) in [5.74, 6) is -0.821. The second-order valence-electron chi connectivity index (χ2n) is 5.62. The first-order valence-electron chi connectivity index (χ1n) is 8.06. The molecule has 6 heteroatoms. The molecule has 1 atom stereocenters. The largest absolute Gasteiger partial charge is 0.375 e. The molecule has 130 valence electrons. The van der Waals surface area contributed by atoms with E-state index in [1.165, 1.54) is 7.11 Å². The van der Waals surface area contributed by atoms with Crippen LogP contribution in [0.5, 0.6) is 0 Å². The summed E-state index contributed by atoms with van der Waals surface area (Å²) in [6, 6.07) is 13.0. The maximum Gasteiger partial charge on any atom is 0.258 e. The SMILES string of the molecule is CCN(C#N)C(=O)C(Cc1ccc2ccccc2c1)NC(=O)COC. The summed E-state index contributed by atoms with van der Waals surface area (Å²) in [7, 11) is 1.41. The van der Waals surface area contributed by atoms with Crippen molar-refractivity contribution < 1.29 is 14.3 Å². The van der Waals surface area contributed by atoms with Crippen molar-refractivity contribution in [3.8, 4) is 6.19 Å². The van der Waals surface area contributed by atoms with Gasteiger partial charge in [-0.1, -0.05) is 42.5 Å². The predicted molar refractivity (Wildman–Crippen MR) is 94.5 cm³/mol. The van der Waals surface area contributed by atoms with E-state index in [-0.39, 0.29) is 13.2 Å². The van der Waals surface area contributed by atoms with Gasteiger partial charge in [-0.05, 0) is 23.3 Å². The quantitative estimate of drug-likeness (QED) is 0.616. The highest BCUT2D eigenvalue weighted by Crippen LogP contribution is 2.17. The van der Waals surface area contributed by atoms with Gasteiger partial charge < -0.3 is 10.1 Å². The summed E-state index contributed by atoms with van der Waals surface area (Å²) < 4.78 is 4.80. The zero-order valence-corrected chi connectivity index (χ0v) is 14.4. The first-order chi connectivity index (χ1) is 12.1. The lowest BCUT2D eigenvalue weighted by atomic mass is 10.0. The minimum absolute atomic E-state index is 0.139. The third-order valence-electron chi connectivity index (χ3n) is 3.87. The monoisotopic (exact) mass is 339 g/mol. The lowest BCUT2D eigenvalue weighted by Crippen LogP contribution is -2.49. The Morgan fingerprint density at radius 3 is 2.60 bits per heavy atom. The molecule has 0 heterocycles. The molecule has 0 saturated heterocycles. The number of carbonyl (C=O) groups excluding carboxylic acids is 2. The Balaban J connectivity index is 2.25. The third-order valence-corrected chi connectivity index (χ3v) is 3.87. The third kappa shape index (κ3) is 4.78. The average Bonchev–Trinajstić information content (AvgIpc) is 2.62. The van der Waals surface area contributed by atoms with Gasteiger partial charge in [-0.15, -0.1) is 0 Å². The van der Waals surface area contributed by atoms with E-state index >= 15 is 0 Å². The highest BCUT2D eigenvalue weighted by molar-refractivity contribution is 5.89. The van der Waals surface area contributed by atoms with Crippen molar-refractivity contribution in [2.24, 2.45) is 0 Å². The first kappa shape index (κ1) is 18.4. The molecular weight excluding hydrogens is 318 g/mol. The first-order valence-corrected chi connectivity index (χ1v) is 8.06. The summed E-state index contributed by atoms with van der Waals surface area (Å²) in [4.78, 5) is 25.5. The number of methoxy groups -OCH3 is 1. The molecule has 25 heavy (non-hydrogen) atoms. The number of likely N-dealkylation sites (N-methyl/N-ethyl adjacent to an activating group) is 1. The Morgan fingerprint density at radius 2 is 1.96 bits per heavy atom. The fourth-order valence-electron chi connectivity index (χ4n) is 2.63. The predicted octanol–water partition coefficient (Wildman–Crippen LogP) is 1.84. The molecule has 0 spiro atoms. The zero-order valence-electron chi connectivity index (χ0n) is 14.4. The van der Waals surface area contributed by atoms with Crippen molar-refractivity contribution in [2.45, 2.75) is 19.4 Å². The summed E-state index contributed by atoms with van der Waals surface area (Å²) in [5.41, 5.74) is 0.906. The van der Waals surface area contributed by atoms with Crippen LogP contribution in [0.2, 0.25) is 0 Å². The van der Waals surface area contributed by atoms with Crippen LogP contribution in [0, 0.1) is 11.5 Å². The molecule has 0 radical (unpaired) electrons. The number of ether oxygens (including phenoxy) is 1. The van der Waals surface area contributed by atoms with E-state index in [2.05, 4.69) is 5.32 Å². The number of rotatable bonds is 7. The van der Waals surface area contributed by atoms with Crippen molar-refractivity contribution in [2.75, 3.05) is 20.3 Å². The van der Waals surface area contributed by atoms with Gasteiger partial charge in [-0.25, -0.2) is 4.90 Å². The minimum Gasteiger partial charge on any atom is -0.375 e. The number of nitrogens with zero attached hydrogens (tertiary/aromatic N) is 2. The molecule has 0 saturated carbocycles. The number of carbonyl (C=O) groups is 2. The Bertz CT molecular complexity index is 798. The molecule has 0 bridgehead atoms. The van der Waals surface area contributed by atoms with Crippen LogP contribution in [0.4, 0.5) is 0 Å². The number of amides is 2. The summed E-state index contributed by atoms with van der Waals surface area (Å²) in [6.07, 6.45) is 2.16. The molecule has 1 N–H and O–H groups in total. The van der Waals surface area contributed by atoms with Crippen molar-refractivity contribution >= 4 is 22.6 Å². The van der Waals surface area contributed by atoms with Gasteiger partial charge in [0.05, 0.1) is 0 Å². The van der Waals surface area contributed by atoms with E-state index in [0.29, 0.717) is 6.42 Å². The van der Waals surface area contributed by atoms with Gasteiger partial charge in [-0.2, -0.15) is 5.26 Å². The maximum atomic E-state index is 12.6. The molecule has 0 aliphatic carbocycles. The Hall–Kier alpha value is -2.91. The average molecular weight is 339 g/mol. The Morgan fingerprint density at radius 1 is 1.24 bits per heavy atom. The van der Waals surface area contributed by atoms with E-state index < -0.39 is 17.9 Å². The lowest BCUT2D eigenvalue weighted by molar-refractivity contribution is -0.135. The van der Waals surface area contributed by atoms with Crippen LogP contribution in [0.3, 0.4) is 0 Å². The van der Waals surface area contributed by atoms with Crippen LogP contribution in [0.15, 0.2) is 42.5 Å². The molecule has 0 aromatic heterocycles. The normalized spacial score (nSPS) is 11.6. The minimum atomic E-state index is -0.816. The topological polar surface area (TPSA) is 82.4 Å². The number of hydrogen-bond acceptors (Lipinski definition) is 4. The van der Waals surface area contributed by atoms with Gasteiger partial charge in [0.25, 0.3) is 5.91 Å².